The summed E-state index contributed by atoms with van der Waals surface area (Å²) in [6.07, 6.45) is 2.62. The lowest BCUT2D eigenvalue weighted by Gasteiger charge is -2.24. The zero-order valence-electron chi connectivity index (χ0n) is 12.4. The first kappa shape index (κ1) is 14.1. The Balaban J connectivity index is 1.93. The van der Waals surface area contributed by atoms with Gasteiger partial charge in [-0.3, -0.25) is 9.69 Å². The highest BCUT2D eigenvalue weighted by Gasteiger charge is 2.31. The fourth-order valence-corrected chi connectivity index (χ4v) is 2.50. The lowest BCUT2D eigenvalue weighted by Crippen LogP contribution is -2.37. The monoisotopic (exact) mass is 260 g/mol. The average molecular weight is 260 g/mol. The molecule has 1 aromatic rings. The van der Waals surface area contributed by atoms with Gasteiger partial charge in [0.25, 0.3) is 0 Å². The molecule has 0 saturated heterocycles. The quantitative estimate of drug-likeness (QED) is 0.882. The maximum atomic E-state index is 12.1. The largest absolute Gasteiger partial charge is 0.324 e. The summed E-state index contributed by atoms with van der Waals surface area (Å²) in [6, 6.07) is 6.57. The predicted molar refractivity (Wildman–Crippen MR) is 79.4 cm³/mol. The van der Waals surface area contributed by atoms with Gasteiger partial charge in [0.2, 0.25) is 5.91 Å². The molecule has 3 nitrogen and oxygen atoms in total. The third kappa shape index (κ3) is 3.57. The van der Waals surface area contributed by atoms with Gasteiger partial charge >= 0.3 is 0 Å². The maximum Gasteiger partial charge on any atom is 0.238 e. The molecule has 104 valence electrons. The van der Waals surface area contributed by atoms with E-state index in [0.29, 0.717) is 12.6 Å². The molecule has 0 unspecified atom stereocenters. The number of rotatable bonds is 5. The van der Waals surface area contributed by atoms with E-state index in [1.807, 2.05) is 39.1 Å². The molecule has 1 aromatic carbocycles. The van der Waals surface area contributed by atoms with Crippen LogP contribution in [0.25, 0.3) is 0 Å². The second kappa shape index (κ2) is 5.74. The van der Waals surface area contributed by atoms with Crippen LogP contribution in [0.15, 0.2) is 18.2 Å². The van der Waals surface area contributed by atoms with Crippen molar-refractivity contribution in [3.8, 4) is 0 Å². The highest BCUT2D eigenvalue weighted by Crippen LogP contribution is 2.34. The molecule has 0 heterocycles. The fourth-order valence-electron chi connectivity index (χ4n) is 2.50. The molecule has 0 bridgehead atoms. The smallest absolute Gasteiger partial charge is 0.238 e. The first-order valence-corrected chi connectivity index (χ1v) is 7.05. The number of aryl methyl sites for hydroxylation is 2. The van der Waals surface area contributed by atoms with Crippen molar-refractivity contribution in [2.75, 3.05) is 18.9 Å². The third-order valence-corrected chi connectivity index (χ3v) is 4.14. The topological polar surface area (TPSA) is 32.3 Å². The van der Waals surface area contributed by atoms with Crippen LogP contribution in [0, 0.1) is 19.8 Å². The minimum Gasteiger partial charge on any atom is -0.324 e. The molecule has 0 radical (unpaired) electrons. The maximum absolute atomic E-state index is 12.1. The molecule has 1 aliphatic rings. The van der Waals surface area contributed by atoms with Crippen LogP contribution in [0.4, 0.5) is 5.69 Å². The fraction of sp³-hybridized carbons (Fsp3) is 0.562. The summed E-state index contributed by atoms with van der Waals surface area (Å²) >= 11 is 0. The SMILES string of the molecule is Cc1cccc(C)c1NC(=O)CN(C)[C@H](C)C1CC1. The van der Waals surface area contributed by atoms with Crippen molar-refractivity contribution in [3.63, 3.8) is 0 Å². The van der Waals surface area contributed by atoms with Gasteiger partial charge in [0.15, 0.2) is 0 Å². The molecule has 0 aliphatic heterocycles. The molecular weight excluding hydrogens is 236 g/mol. The standard InChI is InChI=1S/C16H24N2O/c1-11-6-5-7-12(2)16(11)17-15(19)10-18(4)13(3)14-8-9-14/h5-7,13-14H,8-10H2,1-4H3,(H,17,19)/t13-/m1/s1. The van der Waals surface area contributed by atoms with E-state index in [-0.39, 0.29) is 5.91 Å². The molecule has 2 rings (SSSR count). The van der Waals surface area contributed by atoms with Crippen molar-refractivity contribution in [3.05, 3.63) is 29.3 Å². The van der Waals surface area contributed by atoms with Crippen LogP contribution in [0.5, 0.6) is 0 Å². The van der Waals surface area contributed by atoms with Gasteiger partial charge in [0, 0.05) is 11.7 Å². The summed E-state index contributed by atoms with van der Waals surface area (Å²) in [5.41, 5.74) is 3.19. The molecular formula is C16H24N2O. The molecule has 19 heavy (non-hydrogen) atoms. The van der Waals surface area contributed by atoms with E-state index in [4.69, 9.17) is 0 Å². The molecule has 1 N–H and O–H groups in total. The highest BCUT2D eigenvalue weighted by atomic mass is 16.2. The molecule has 1 amide bonds. The number of para-hydroxylation sites is 1. The summed E-state index contributed by atoms with van der Waals surface area (Å²) in [7, 11) is 2.03. The van der Waals surface area contributed by atoms with Gasteiger partial charge in [0.1, 0.15) is 0 Å². The lowest BCUT2D eigenvalue weighted by atomic mass is 10.1. The van der Waals surface area contributed by atoms with Gasteiger partial charge in [-0.15, -0.1) is 0 Å². The van der Waals surface area contributed by atoms with Crippen molar-refractivity contribution in [1.82, 2.24) is 4.90 Å². The molecule has 1 atom stereocenters. The van der Waals surface area contributed by atoms with Gasteiger partial charge < -0.3 is 5.32 Å². The Morgan fingerprint density at radius 2 is 1.95 bits per heavy atom. The van der Waals surface area contributed by atoms with Gasteiger partial charge in [0.05, 0.1) is 6.54 Å². The zero-order chi connectivity index (χ0) is 14.0. The number of nitrogens with zero attached hydrogens (tertiary/aromatic N) is 1. The Morgan fingerprint density at radius 3 is 2.47 bits per heavy atom. The van der Waals surface area contributed by atoms with Crippen LogP contribution in [0.3, 0.4) is 0 Å². The van der Waals surface area contributed by atoms with Crippen LogP contribution in [-0.4, -0.2) is 30.4 Å². The number of anilines is 1. The predicted octanol–water partition coefficient (Wildman–Crippen LogP) is 2.97. The molecule has 3 heteroatoms. The first-order chi connectivity index (χ1) is 8.99. The van der Waals surface area contributed by atoms with E-state index in [1.165, 1.54) is 12.8 Å². The second-order valence-electron chi connectivity index (χ2n) is 5.81. The minimum atomic E-state index is 0.0763. The third-order valence-electron chi connectivity index (χ3n) is 4.14. The zero-order valence-corrected chi connectivity index (χ0v) is 12.4. The Kier molecular flexibility index (Phi) is 4.25. The van der Waals surface area contributed by atoms with Crippen LogP contribution < -0.4 is 5.32 Å². The molecule has 0 aromatic heterocycles. The van der Waals surface area contributed by atoms with E-state index in [2.05, 4.69) is 17.1 Å². The normalized spacial score (nSPS) is 16.5. The van der Waals surface area contributed by atoms with E-state index in [9.17, 15) is 4.79 Å². The van der Waals surface area contributed by atoms with E-state index < -0.39 is 0 Å². The number of carbonyl (C=O) groups is 1. The summed E-state index contributed by atoms with van der Waals surface area (Å²) in [5, 5.41) is 3.04. The Hall–Kier alpha value is -1.35. The summed E-state index contributed by atoms with van der Waals surface area (Å²) < 4.78 is 0. The van der Waals surface area contributed by atoms with Crippen molar-refractivity contribution < 1.29 is 4.79 Å². The van der Waals surface area contributed by atoms with E-state index >= 15 is 0 Å². The highest BCUT2D eigenvalue weighted by molar-refractivity contribution is 5.93. The van der Waals surface area contributed by atoms with Gasteiger partial charge in [-0.05, 0) is 57.7 Å². The Labute approximate surface area is 116 Å². The van der Waals surface area contributed by atoms with Gasteiger partial charge in [-0.25, -0.2) is 0 Å². The van der Waals surface area contributed by atoms with Crippen molar-refractivity contribution in [1.29, 1.82) is 0 Å². The van der Waals surface area contributed by atoms with Crippen molar-refractivity contribution >= 4 is 11.6 Å². The van der Waals surface area contributed by atoms with Gasteiger partial charge in [-0.2, -0.15) is 0 Å². The second-order valence-corrected chi connectivity index (χ2v) is 5.81. The molecule has 0 spiro atoms. The summed E-state index contributed by atoms with van der Waals surface area (Å²) in [4.78, 5) is 14.3. The van der Waals surface area contributed by atoms with Gasteiger partial charge in [-0.1, -0.05) is 18.2 Å². The number of hydrogen-bond donors (Lipinski definition) is 1. The van der Waals surface area contributed by atoms with Crippen molar-refractivity contribution in [2.45, 2.75) is 39.7 Å². The molecule has 1 saturated carbocycles. The van der Waals surface area contributed by atoms with Crippen LogP contribution >= 0.6 is 0 Å². The van der Waals surface area contributed by atoms with Crippen LogP contribution in [0.1, 0.15) is 30.9 Å². The van der Waals surface area contributed by atoms with E-state index in [1.54, 1.807) is 0 Å². The number of hydrogen-bond acceptors (Lipinski definition) is 2. The van der Waals surface area contributed by atoms with Crippen LogP contribution in [-0.2, 0) is 4.79 Å². The van der Waals surface area contributed by atoms with Crippen molar-refractivity contribution in [2.24, 2.45) is 5.92 Å². The number of amides is 1. The minimum absolute atomic E-state index is 0.0763. The number of benzene rings is 1. The summed E-state index contributed by atoms with van der Waals surface area (Å²) in [6.45, 7) is 6.73. The number of nitrogens with one attached hydrogen (secondary N) is 1. The lowest BCUT2D eigenvalue weighted by molar-refractivity contribution is -0.117. The number of carbonyl (C=O) groups excluding carboxylic acids is 1. The Bertz CT molecular complexity index is 446. The summed E-state index contributed by atoms with van der Waals surface area (Å²) in [5.74, 6) is 0.866. The molecule has 1 fully saturated rings. The Morgan fingerprint density at radius 1 is 1.37 bits per heavy atom. The van der Waals surface area contributed by atoms with E-state index in [0.717, 1.165) is 22.7 Å². The molecule has 1 aliphatic carbocycles. The average Bonchev–Trinajstić information content (AvgIpc) is 3.17. The first-order valence-electron chi connectivity index (χ1n) is 7.05. The van der Waals surface area contributed by atoms with Crippen LogP contribution in [0.2, 0.25) is 0 Å². The number of likely N-dealkylation sites (N-methyl/N-ethyl adjacent to an activating group) is 1.